The lowest BCUT2D eigenvalue weighted by Gasteiger charge is -2.05. The molecular weight excluding hydrogens is 206 g/mol. The van der Waals surface area contributed by atoms with Crippen LogP contribution in [0, 0.1) is 13.8 Å². The lowest BCUT2D eigenvalue weighted by molar-refractivity contribution is 0.304. The van der Waals surface area contributed by atoms with E-state index in [1.165, 1.54) is 16.0 Å². The van der Waals surface area contributed by atoms with Gasteiger partial charge in [0, 0.05) is 11.1 Å². The average molecular weight is 219 g/mol. The summed E-state index contributed by atoms with van der Waals surface area (Å²) in [5.41, 5.74) is 2.47. The Kier molecular flexibility index (Phi) is 3.02. The van der Waals surface area contributed by atoms with Crippen molar-refractivity contribution in [3.63, 3.8) is 0 Å². The first kappa shape index (κ1) is 10.2. The highest BCUT2D eigenvalue weighted by Gasteiger charge is 2.01. The number of nitrogens with zero attached hydrogens (tertiary/aromatic N) is 1. The molecule has 2 rings (SSSR count). The Labute approximate surface area is 93.6 Å². The van der Waals surface area contributed by atoms with Crippen LogP contribution in [0.25, 0.3) is 0 Å². The van der Waals surface area contributed by atoms with Crippen molar-refractivity contribution in [2.75, 3.05) is 0 Å². The Morgan fingerprint density at radius 1 is 1.27 bits per heavy atom. The topological polar surface area (TPSA) is 22.1 Å². The van der Waals surface area contributed by atoms with Crippen LogP contribution in [0.4, 0.5) is 0 Å². The van der Waals surface area contributed by atoms with Crippen molar-refractivity contribution in [1.82, 2.24) is 4.98 Å². The largest absolute Gasteiger partial charge is 0.465 e. The predicted octanol–water partition coefficient (Wildman–Crippen LogP) is 3.34. The van der Waals surface area contributed by atoms with E-state index in [0.717, 1.165) is 5.19 Å². The van der Waals surface area contributed by atoms with Crippen molar-refractivity contribution >= 4 is 11.3 Å². The van der Waals surface area contributed by atoms with Gasteiger partial charge in [-0.25, -0.2) is 4.98 Å². The van der Waals surface area contributed by atoms with Crippen molar-refractivity contribution < 1.29 is 4.74 Å². The zero-order valence-electron chi connectivity index (χ0n) is 8.86. The van der Waals surface area contributed by atoms with Gasteiger partial charge in [-0.3, -0.25) is 0 Å². The molecule has 0 aliphatic heterocycles. The lowest BCUT2D eigenvalue weighted by atomic mass is 10.1. The van der Waals surface area contributed by atoms with Crippen molar-refractivity contribution in [1.29, 1.82) is 0 Å². The molecule has 0 unspecified atom stereocenters. The van der Waals surface area contributed by atoms with Crippen LogP contribution < -0.4 is 4.74 Å². The predicted molar refractivity (Wildman–Crippen MR) is 62.4 cm³/mol. The second-order valence-corrected chi connectivity index (χ2v) is 4.65. The van der Waals surface area contributed by atoms with E-state index in [1.54, 1.807) is 11.3 Å². The van der Waals surface area contributed by atoms with E-state index >= 15 is 0 Å². The Morgan fingerprint density at radius 2 is 2.07 bits per heavy atom. The van der Waals surface area contributed by atoms with Crippen LogP contribution >= 0.6 is 11.3 Å². The van der Waals surface area contributed by atoms with E-state index < -0.39 is 0 Å². The van der Waals surface area contributed by atoms with Gasteiger partial charge in [-0.2, -0.15) is 0 Å². The molecule has 0 aliphatic carbocycles. The number of benzene rings is 1. The second-order valence-electron chi connectivity index (χ2n) is 3.45. The van der Waals surface area contributed by atoms with Gasteiger partial charge in [0.05, 0.1) is 0 Å². The number of hydrogen-bond donors (Lipinski definition) is 0. The van der Waals surface area contributed by atoms with Gasteiger partial charge in [-0.15, -0.1) is 0 Å². The van der Waals surface area contributed by atoms with Crippen LogP contribution in [0.3, 0.4) is 0 Å². The average Bonchev–Trinajstić information content (AvgIpc) is 2.63. The molecule has 0 fully saturated rings. The van der Waals surface area contributed by atoms with E-state index in [4.69, 9.17) is 4.74 Å². The number of rotatable bonds is 3. The van der Waals surface area contributed by atoms with Crippen LogP contribution in [0.2, 0.25) is 0 Å². The van der Waals surface area contributed by atoms with Crippen LogP contribution in [-0.4, -0.2) is 4.98 Å². The van der Waals surface area contributed by atoms with Crippen molar-refractivity contribution in [3.8, 4) is 5.19 Å². The molecule has 0 aliphatic rings. The summed E-state index contributed by atoms with van der Waals surface area (Å²) in [5, 5.41) is 0.746. The first-order chi connectivity index (χ1) is 7.25. The van der Waals surface area contributed by atoms with Gasteiger partial charge in [-0.05, 0) is 25.0 Å². The van der Waals surface area contributed by atoms with E-state index in [2.05, 4.69) is 24.0 Å². The molecule has 1 aromatic heterocycles. The van der Waals surface area contributed by atoms with Gasteiger partial charge >= 0.3 is 0 Å². The maximum absolute atomic E-state index is 5.60. The third kappa shape index (κ3) is 2.57. The molecule has 0 saturated carbocycles. The fourth-order valence-corrected chi connectivity index (χ4v) is 1.92. The molecule has 0 atom stereocenters. The second kappa shape index (κ2) is 4.45. The van der Waals surface area contributed by atoms with Gasteiger partial charge in [0.15, 0.2) is 0 Å². The Bertz CT molecular complexity index is 450. The summed E-state index contributed by atoms with van der Waals surface area (Å²) in [4.78, 5) is 5.33. The van der Waals surface area contributed by atoms with E-state index in [-0.39, 0.29) is 0 Å². The first-order valence-corrected chi connectivity index (χ1v) is 5.67. The smallest absolute Gasteiger partial charge is 0.273 e. The maximum atomic E-state index is 5.60. The summed E-state index contributed by atoms with van der Waals surface area (Å²) in [7, 11) is 0. The summed E-state index contributed by atoms with van der Waals surface area (Å²) < 4.78 is 5.60. The molecular formula is C12H13NOS. The highest BCUT2D eigenvalue weighted by atomic mass is 32.1. The molecule has 0 amide bonds. The third-order valence-electron chi connectivity index (χ3n) is 2.21. The molecule has 0 radical (unpaired) electrons. The number of aromatic nitrogens is 1. The summed E-state index contributed by atoms with van der Waals surface area (Å²) in [6.07, 6.45) is 1.83. The standard InChI is InChI=1S/C12H13NOS/c1-9-5-3-4-6-11(9)8-14-12-13-7-10(2)15-12/h3-7H,8H2,1-2H3. The molecule has 3 heteroatoms. The summed E-state index contributed by atoms with van der Waals surface area (Å²) in [6, 6.07) is 8.23. The molecule has 0 spiro atoms. The molecule has 1 heterocycles. The molecule has 2 nitrogen and oxygen atoms in total. The SMILES string of the molecule is Cc1cnc(OCc2ccccc2C)s1. The zero-order valence-corrected chi connectivity index (χ0v) is 9.67. The van der Waals surface area contributed by atoms with E-state index in [1.807, 2.05) is 25.3 Å². The molecule has 0 bridgehead atoms. The van der Waals surface area contributed by atoms with Crippen LogP contribution in [-0.2, 0) is 6.61 Å². The van der Waals surface area contributed by atoms with Crippen LogP contribution in [0.1, 0.15) is 16.0 Å². The normalized spacial score (nSPS) is 10.3. The maximum Gasteiger partial charge on any atom is 0.273 e. The number of ether oxygens (including phenoxy) is 1. The number of hydrogen-bond acceptors (Lipinski definition) is 3. The zero-order chi connectivity index (χ0) is 10.7. The van der Waals surface area contributed by atoms with Crippen molar-refractivity contribution in [3.05, 3.63) is 46.5 Å². The van der Waals surface area contributed by atoms with Gasteiger partial charge in [0.1, 0.15) is 6.61 Å². The Hall–Kier alpha value is -1.35. The molecule has 78 valence electrons. The van der Waals surface area contributed by atoms with Crippen molar-refractivity contribution in [2.24, 2.45) is 0 Å². The monoisotopic (exact) mass is 219 g/mol. The Balaban J connectivity index is 2.02. The van der Waals surface area contributed by atoms with Gasteiger partial charge < -0.3 is 4.74 Å². The highest BCUT2D eigenvalue weighted by molar-refractivity contribution is 7.13. The van der Waals surface area contributed by atoms with Crippen LogP contribution in [0.15, 0.2) is 30.5 Å². The fourth-order valence-electron chi connectivity index (χ4n) is 1.31. The van der Waals surface area contributed by atoms with Gasteiger partial charge in [0.25, 0.3) is 5.19 Å². The minimum Gasteiger partial charge on any atom is -0.465 e. The molecule has 15 heavy (non-hydrogen) atoms. The summed E-state index contributed by atoms with van der Waals surface area (Å²) in [6.45, 7) is 4.71. The Morgan fingerprint density at radius 3 is 2.73 bits per heavy atom. The van der Waals surface area contributed by atoms with Crippen LogP contribution in [0.5, 0.6) is 5.19 Å². The van der Waals surface area contributed by atoms with Gasteiger partial charge in [0.2, 0.25) is 0 Å². The van der Waals surface area contributed by atoms with E-state index in [9.17, 15) is 0 Å². The summed E-state index contributed by atoms with van der Waals surface area (Å²) >= 11 is 1.58. The fraction of sp³-hybridized carbons (Fsp3) is 0.250. The minimum atomic E-state index is 0.597. The number of thiazole rings is 1. The minimum absolute atomic E-state index is 0.597. The molecule has 2 aromatic rings. The van der Waals surface area contributed by atoms with Crippen molar-refractivity contribution in [2.45, 2.75) is 20.5 Å². The lowest BCUT2D eigenvalue weighted by Crippen LogP contribution is -1.96. The quantitative estimate of drug-likeness (QED) is 0.790. The molecule has 1 aromatic carbocycles. The molecule has 0 N–H and O–H groups in total. The highest BCUT2D eigenvalue weighted by Crippen LogP contribution is 2.20. The molecule has 0 saturated heterocycles. The third-order valence-corrected chi connectivity index (χ3v) is 3.04. The summed E-state index contributed by atoms with van der Waals surface area (Å²) in [5.74, 6) is 0. The first-order valence-electron chi connectivity index (χ1n) is 4.85. The number of aryl methyl sites for hydroxylation is 2. The van der Waals surface area contributed by atoms with Gasteiger partial charge in [-0.1, -0.05) is 35.6 Å². The van der Waals surface area contributed by atoms with E-state index in [0.29, 0.717) is 6.61 Å².